The van der Waals surface area contributed by atoms with Crippen LogP contribution in [0.1, 0.15) is 29.6 Å². The van der Waals surface area contributed by atoms with Crippen molar-refractivity contribution < 1.29 is 23.6 Å². The minimum absolute atomic E-state index is 0.151. The molecule has 1 fully saturated rings. The molecule has 1 N–H and O–H groups in total. The van der Waals surface area contributed by atoms with Gasteiger partial charge in [0.1, 0.15) is 23.3 Å². The van der Waals surface area contributed by atoms with Crippen molar-refractivity contribution in [3.05, 3.63) is 47.6 Å². The molecule has 0 spiro atoms. The van der Waals surface area contributed by atoms with Crippen molar-refractivity contribution in [3.63, 3.8) is 0 Å². The fourth-order valence-corrected chi connectivity index (χ4v) is 2.68. The third kappa shape index (κ3) is 3.41. The summed E-state index contributed by atoms with van der Waals surface area (Å²) in [5, 5.41) is 14.3. The summed E-state index contributed by atoms with van der Waals surface area (Å²) >= 11 is 0. The Kier molecular flexibility index (Phi) is 4.28. The molecule has 0 radical (unpaired) electrons. The first-order chi connectivity index (χ1) is 11.3. The molecule has 1 aliphatic heterocycles. The number of aromatic nitrogens is 1. The van der Waals surface area contributed by atoms with E-state index in [0.717, 1.165) is 0 Å². The normalized spacial score (nSPS) is 24.0. The van der Waals surface area contributed by atoms with Gasteiger partial charge < -0.3 is 19.3 Å². The molecule has 2 atom stereocenters. The Morgan fingerprint density at radius 3 is 2.96 bits per heavy atom. The first-order valence-electron chi connectivity index (χ1n) is 7.72. The second-order valence-electron chi connectivity index (χ2n) is 6.25. The summed E-state index contributed by atoms with van der Waals surface area (Å²) in [6, 6.07) is 7.27. The van der Waals surface area contributed by atoms with Gasteiger partial charge in [-0.15, -0.1) is 0 Å². The molecular formula is C17H19FN2O4. The molecule has 0 saturated carbocycles. The molecule has 1 amide bonds. The topological polar surface area (TPSA) is 75.8 Å². The first-order valence-corrected chi connectivity index (χ1v) is 7.72. The highest BCUT2D eigenvalue weighted by atomic mass is 19.1. The second kappa shape index (κ2) is 6.24. The Morgan fingerprint density at radius 1 is 1.50 bits per heavy atom. The number of aryl methyl sites for hydroxylation is 1. The van der Waals surface area contributed by atoms with E-state index < -0.39 is 17.5 Å². The number of likely N-dealkylation sites (tertiary alicyclic amines) is 1. The largest absolute Gasteiger partial charge is 0.485 e. The highest BCUT2D eigenvalue weighted by molar-refractivity contribution is 5.91. The minimum Gasteiger partial charge on any atom is -0.485 e. The molecule has 2 heterocycles. The van der Waals surface area contributed by atoms with Crippen molar-refractivity contribution in [2.24, 2.45) is 0 Å². The van der Waals surface area contributed by atoms with Gasteiger partial charge in [0.15, 0.2) is 0 Å². The lowest BCUT2D eigenvalue weighted by Crippen LogP contribution is -2.57. The first kappa shape index (κ1) is 16.4. The maximum atomic E-state index is 13.3. The third-order valence-corrected chi connectivity index (χ3v) is 4.17. The number of nitrogens with zero attached hydrogens (tertiary/aromatic N) is 2. The number of ether oxygens (including phenoxy) is 1. The predicted octanol–water partition coefficient (Wildman–Crippen LogP) is 2.17. The number of amides is 1. The van der Waals surface area contributed by atoms with Crippen LogP contribution in [-0.2, 0) is 0 Å². The number of carbonyl (C=O) groups excluding carboxylic acids is 1. The van der Waals surface area contributed by atoms with Crippen molar-refractivity contribution in [3.8, 4) is 5.75 Å². The summed E-state index contributed by atoms with van der Waals surface area (Å²) in [4.78, 5) is 14.0. The molecule has 128 valence electrons. The molecule has 2 aromatic rings. The molecule has 1 saturated heterocycles. The molecule has 24 heavy (non-hydrogen) atoms. The van der Waals surface area contributed by atoms with E-state index in [1.165, 1.54) is 18.2 Å². The van der Waals surface area contributed by atoms with E-state index in [4.69, 9.17) is 9.26 Å². The van der Waals surface area contributed by atoms with Crippen LogP contribution in [0, 0.1) is 12.7 Å². The standard InChI is InChI=1S/C17H19FN2O4/c1-11-8-14(24-19-11)16(21)20-7-6-17(2,22)15(10-20)23-13-5-3-4-12(18)9-13/h3-5,8-9,15,22H,6-7,10H2,1-2H3/t15-,17-/m1/s1. The van der Waals surface area contributed by atoms with Gasteiger partial charge in [-0.1, -0.05) is 11.2 Å². The lowest BCUT2D eigenvalue weighted by molar-refractivity contribution is -0.0885. The highest BCUT2D eigenvalue weighted by Gasteiger charge is 2.41. The van der Waals surface area contributed by atoms with Crippen LogP contribution in [-0.4, -0.2) is 45.9 Å². The number of benzene rings is 1. The Balaban J connectivity index is 1.76. The highest BCUT2D eigenvalue weighted by Crippen LogP contribution is 2.27. The van der Waals surface area contributed by atoms with Crippen molar-refractivity contribution in [1.29, 1.82) is 0 Å². The van der Waals surface area contributed by atoms with Gasteiger partial charge in [0.25, 0.3) is 5.91 Å². The molecular weight excluding hydrogens is 315 g/mol. The Bertz CT molecular complexity index is 744. The maximum Gasteiger partial charge on any atom is 0.292 e. The fraction of sp³-hybridized carbons (Fsp3) is 0.412. The number of halogens is 1. The van der Waals surface area contributed by atoms with Crippen LogP contribution in [0.25, 0.3) is 0 Å². The van der Waals surface area contributed by atoms with E-state index >= 15 is 0 Å². The zero-order valence-electron chi connectivity index (χ0n) is 13.5. The van der Waals surface area contributed by atoms with Crippen LogP contribution >= 0.6 is 0 Å². The lowest BCUT2D eigenvalue weighted by Gasteiger charge is -2.42. The van der Waals surface area contributed by atoms with Crippen LogP contribution in [0.4, 0.5) is 4.39 Å². The second-order valence-corrected chi connectivity index (χ2v) is 6.25. The van der Waals surface area contributed by atoms with Crippen LogP contribution in [0.15, 0.2) is 34.9 Å². The van der Waals surface area contributed by atoms with Gasteiger partial charge in [0, 0.05) is 18.7 Å². The average Bonchev–Trinajstić information content (AvgIpc) is 2.95. The minimum atomic E-state index is -1.12. The SMILES string of the molecule is Cc1cc(C(=O)N2CC[C@@](C)(O)[C@H](Oc3cccc(F)c3)C2)on1. The molecule has 0 aliphatic carbocycles. The van der Waals surface area contributed by atoms with Crippen molar-refractivity contribution >= 4 is 5.91 Å². The molecule has 1 aromatic heterocycles. The monoisotopic (exact) mass is 334 g/mol. The Labute approximate surface area is 138 Å². The molecule has 7 heteroatoms. The zero-order chi connectivity index (χ0) is 17.3. The lowest BCUT2D eigenvalue weighted by atomic mass is 9.90. The molecule has 6 nitrogen and oxygen atoms in total. The number of hydrogen-bond acceptors (Lipinski definition) is 5. The molecule has 0 bridgehead atoms. The van der Waals surface area contributed by atoms with E-state index in [0.29, 0.717) is 24.4 Å². The summed E-state index contributed by atoms with van der Waals surface area (Å²) in [7, 11) is 0. The van der Waals surface area contributed by atoms with Gasteiger partial charge in [-0.05, 0) is 32.4 Å². The fourth-order valence-electron chi connectivity index (χ4n) is 2.68. The van der Waals surface area contributed by atoms with Gasteiger partial charge in [-0.25, -0.2) is 4.39 Å². The maximum absolute atomic E-state index is 13.3. The molecule has 3 rings (SSSR count). The van der Waals surface area contributed by atoms with Crippen LogP contribution < -0.4 is 4.74 Å². The Hall–Kier alpha value is -2.41. The third-order valence-electron chi connectivity index (χ3n) is 4.17. The van der Waals surface area contributed by atoms with E-state index in [1.807, 2.05) is 0 Å². The number of carbonyl (C=O) groups is 1. The molecule has 1 aliphatic rings. The van der Waals surface area contributed by atoms with Gasteiger partial charge >= 0.3 is 0 Å². The quantitative estimate of drug-likeness (QED) is 0.931. The van der Waals surface area contributed by atoms with Crippen molar-refractivity contribution in [2.45, 2.75) is 32.0 Å². The number of hydrogen-bond donors (Lipinski definition) is 1. The Morgan fingerprint density at radius 2 is 2.29 bits per heavy atom. The summed E-state index contributed by atoms with van der Waals surface area (Å²) in [6.07, 6.45) is -0.340. The average molecular weight is 334 g/mol. The summed E-state index contributed by atoms with van der Waals surface area (Å²) in [6.45, 7) is 3.92. The van der Waals surface area contributed by atoms with Gasteiger partial charge in [0.05, 0.1) is 12.2 Å². The van der Waals surface area contributed by atoms with E-state index in [-0.39, 0.29) is 18.2 Å². The summed E-state index contributed by atoms with van der Waals surface area (Å²) in [5.74, 6) is -0.268. The van der Waals surface area contributed by atoms with Gasteiger partial charge in [0.2, 0.25) is 5.76 Å². The van der Waals surface area contributed by atoms with Crippen LogP contribution in [0.3, 0.4) is 0 Å². The van der Waals surface area contributed by atoms with Gasteiger partial charge in [-0.2, -0.15) is 0 Å². The zero-order valence-corrected chi connectivity index (χ0v) is 13.5. The number of aliphatic hydroxyl groups is 1. The van der Waals surface area contributed by atoms with Crippen molar-refractivity contribution in [1.82, 2.24) is 10.1 Å². The number of piperidine rings is 1. The van der Waals surface area contributed by atoms with Gasteiger partial charge in [-0.3, -0.25) is 4.79 Å². The number of rotatable bonds is 3. The molecule has 1 aromatic carbocycles. The smallest absolute Gasteiger partial charge is 0.292 e. The summed E-state index contributed by atoms with van der Waals surface area (Å²) in [5.41, 5.74) is -0.504. The predicted molar refractivity (Wildman–Crippen MR) is 83.2 cm³/mol. The van der Waals surface area contributed by atoms with E-state index in [2.05, 4.69) is 5.16 Å². The van der Waals surface area contributed by atoms with Crippen molar-refractivity contribution in [2.75, 3.05) is 13.1 Å². The molecule has 0 unspecified atom stereocenters. The van der Waals surface area contributed by atoms with E-state index in [9.17, 15) is 14.3 Å². The van der Waals surface area contributed by atoms with E-state index in [1.54, 1.807) is 30.9 Å². The van der Waals surface area contributed by atoms with Crippen LogP contribution in [0.2, 0.25) is 0 Å². The van der Waals surface area contributed by atoms with Crippen LogP contribution in [0.5, 0.6) is 5.75 Å². The summed E-state index contributed by atoms with van der Waals surface area (Å²) < 4.78 is 24.1.